The third-order valence-corrected chi connectivity index (χ3v) is 8.11. The summed E-state index contributed by atoms with van der Waals surface area (Å²) in [6.45, 7) is 1.94. The second-order valence-electron chi connectivity index (χ2n) is 11.1. The van der Waals surface area contributed by atoms with Gasteiger partial charge in [0.2, 0.25) is 15.9 Å². The summed E-state index contributed by atoms with van der Waals surface area (Å²) >= 11 is 0. The highest BCUT2D eigenvalue weighted by Crippen LogP contribution is 2.28. The second-order valence-corrected chi connectivity index (χ2v) is 12.8. The molecule has 0 radical (unpaired) electrons. The van der Waals surface area contributed by atoms with Gasteiger partial charge in [-0.05, 0) is 79.1 Å². The van der Waals surface area contributed by atoms with Gasteiger partial charge in [0, 0.05) is 62.0 Å². The zero-order chi connectivity index (χ0) is 33.6. The molecule has 3 N–H and O–H groups in total. The fourth-order valence-corrected chi connectivity index (χ4v) is 5.86. The maximum absolute atomic E-state index is 14.2. The third-order valence-electron chi connectivity index (χ3n) is 7.50. The quantitative estimate of drug-likeness (QED) is 0.185. The fourth-order valence-electron chi connectivity index (χ4n) is 5.30. The lowest BCUT2D eigenvalue weighted by atomic mass is 10.0. The van der Waals surface area contributed by atoms with E-state index in [0.29, 0.717) is 55.5 Å². The molecule has 0 bridgehead atoms. The first kappa shape index (κ1) is 36.1. The number of amides is 3. The Morgan fingerprint density at radius 1 is 0.979 bits per heavy atom. The number of carbonyl (C=O) groups excluding carboxylic acids is 2. The molecule has 1 fully saturated rings. The van der Waals surface area contributed by atoms with E-state index in [2.05, 4.69) is 25.2 Å². The SMILES string of the molecule is CNC(=O)c1cc(NC(=O)N(c2cccc(F)c2)C2CCN(Cc3ccc(Oc4ccc(NS(C)(=O)=O)cc4)nc3)CC2)ccc1F.Cl. The number of ether oxygens (including phenoxy) is 1. The van der Waals surface area contributed by atoms with Crippen LogP contribution in [0.2, 0.25) is 0 Å². The number of carbonyl (C=O) groups is 2. The second kappa shape index (κ2) is 15.9. The van der Waals surface area contributed by atoms with Crippen molar-refractivity contribution in [2.24, 2.45) is 0 Å². The van der Waals surface area contributed by atoms with Gasteiger partial charge in [0.1, 0.15) is 17.4 Å². The molecule has 1 aromatic heterocycles. The lowest BCUT2D eigenvalue weighted by Crippen LogP contribution is -2.49. The lowest BCUT2D eigenvalue weighted by molar-refractivity contribution is 0.0959. The summed E-state index contributed by atoms with van der Waals surface area (Å²) in [5.74, 6) is -0.935. The van der Waals surface area contributed by atoms with Crippen LogP contribution in [0.1, 0.15) is 28.8 Å². The molecule has 48 heavy (non-hydrogen) atoms. The smallest absolute Gasteiger partial charge is 0.326 e. The van der Waals surface area contributed by atoms with Crippen LogP contribution >= 0.6 is 12.4 Å². The Morgan fingerprint density at radius 2 is 1.69 bits per heavy atom. The van der Waals surface area contributed by atoms with E-state index in [1.165, 1.54) is 42.3 Å². The van der Waals surface area contributed by atoms with Crippen molar-refractivity contribution in [2.75, 3.05) is 41.3 Å². The highest BCUT2D eigenvalue weighted by molar-refractivity contribution is 7.92. The molecule has 0 aliphatic carbocycles. The van der Waals surface area contributed by atoms with E-state index in [1.54, 1.807) is 42.6 Å². The van der Waals surface area contributed by atoms with Crippen LogP contribution in [0.5, 0.6) is 11.6 Å². The minimum Gasteiger partial charge on any atom is -0.439 e. The molecule has 3 amide bonds. The number of halogens is 3. The fraction of sp³-hybridized carbons (Fsp3) is 0.242. The predicted molar refractivity (Wildman–Crippen MR) is 182 cm³/mol. The van der Waals surface area contributed by atoms with Gasteiger partial charge in [-0.15, -0.1) is 12.4 Å². The molecule has 1 aliphatic heterocycles. The maximum Gasteiger partial charge on any atom is 0.326 e. The number of nitrogens with zero attached hydrogens (tertiary/aromatic N) is 3. The van der Waals surface area contributed by atoms with Gasteiger partial charge in [-0.3, -0.25) is 19.3 Å². The zero-order valence-corrected chi connectivity index (χ0v) is 27.8. The Kier molecular flexibility index (Phi) is 11.9. The minimum atomic E-state index is -3.37. The molecule has 1 aliphatic rings. The summed E-state index contributed by atoms with van der Waals surface area (Å²) in [5, 5.41) is 5.12. The summed E-state index contributed by atoms with van der Waals surface area (Å²) in [6.07, 6.45) is 4.02. The number of hydrogen-bond acceptors (Lipinski definition) is 7. The molecule has 5 rings (SSSR count). The first-order valence-corrected chi connectivity index (χ1v) is 16.7. The van der Waals surface area contributed by atoms with Gasteiger partial charge in [-0.25, -0.2) is 27.0 Å². The average Bonchev–Trinajstić information content (AvgIpc) is 3.04. The number of benzene rings is 3. The van der Waals surface area contributed by atoms with Crippen LogP contribution in [0.25, 0.3) is 0 Å². The van der Waals surface area contributed by atoms with E-state index >= 15 is 0 Å². The molecule has 3 aromatic carbocycles. The monoisotopic (exact) mass is 700 g/mol. The van der Waals surface area contributed by atoms with Crippen LogP contribution in [0.3, 0.4) is 0 Å². The van der Waals surface area contributed by atoms with E-state index in [9.17, 15) is 26.8 Å². The third kappa shape index (κ3) is 9.62. The van der Waals surface area contributed by atoms with Gasteiger partial charge in [-0.1, -0.05) is 12.1 Å². The number of sulfonamides is 1. The van der Waals surface area contributed by atoms with Gasteiger partial charge in [-0.2, -0.15) is 0 Å². The highest BCUT2D eigenvalue weighted by atomic mass is 35.5. The number of rotatable bonds is 10. The molecule has 1 saturated heterocycles. The molecule has 4 aromatic rings. The summed E-state index contributed by atoms with van der Waals surface area (Å²) in [6, 6.07) is 18.9. The minimum absolute atomic E-state index is 0. The van der Waals surface area contributed by atoms with Crippen LogP contribution in [0, 0.1) is 11.6 Å². The van der Waals surface area contributed by atoms with Crippen LogP contribution < -0.4 is 25.0 Å². The van der Waals surface area contributed by atoms with E-state index < -0.39 is 33.6 Å². The molecule has 0 atom stereocenters. The van der Waals surface area contributed by atoms with Crippen molar-refractivity contribution in [3.63, 3.8) is 0 Å². The van der Waals surface area contributed by atoms with Gasteiger partial charge in [0.15, 0.2) is 0 Å². The Morgan fingerprint density at radius 3 is 2.31 bits per heavy atom. The van der Waals surface area contributed by atoms with Crippen molar-refractivity contribution >= 4 is 51.4 Å². The number of anilines is 3. The summed E-state index contributed by atoms with van der Waals surface area (Å²) in [4.78, 5) is 33.8. The van der Waals surface area contributed by atoms with Crippen molar-refractivity contribution in [2.45, 2.75) is 25.4 Å². The van der Waals surface area contributed by atoms with E-state index in [1.807, 2.05) is 6.07 Å². The van der Waals surface area contributed by atoms with Gasteiger partial charge in [0.05, 0.1) is 11.8 Å². The topological polar surface area (TPSA) is 133 Å². The number of urea groups is 1. The predicted octanol–water partition coefficient (Wildman–Crippen LogP) is 6.01. The molecular weight excluding hydrogens is 666 g/mol. The van der Waals surface area contributed by atoms with Crippen LogP contribution in [0.15, 0.2) is 85.1 Å². The standard InChI is InChI=1S/C33H34F2N6O5S.ClH/c1-36-32(42)29-19-25(9-12-30(29)35)38-33(43)41(27-5-3-4-23(34)18-27)26-14-16-40(17-15-26)21-22-6-13-31(37-20-22)46-28-10-7-24(8-11-28)39-47(2,44)45;/h3-13,18-20,26,39H,14-17,21H2,1-2H3,(H,36,42)(H,38,43);1H. The summed E-state index contributed by atoms with van der Waals surface area (Å²) in [5.41, 5.74) is 1.80. The van der Waals surface area contributed by atoms with Crippen molar-refractivity contribution in [3.8, 4) is 11.6 Å². The Balaban J connectivity index is 0.00000520. The molecule has 0 saturated carbocycles. The van der Waals surface area contributed by atoms with Gasteiger partial charge in [0.25, 0.3) is 5.91 Å². The van der Waals surface area contributed by atoms with Crippen LogP contribution in [0.4, 0.5) is 30.6 Å². The number of likely N-dealkylation sites (tertiary alicyclic amines) is 1. The molecule has 254 valence electrons. The van der Waals surface area contributed by atoms with Crippen LogP contribution in [-0.2, 0) is 16.6 Å². The van der Waals surface area contributed by atoms with Gasteiger partial charge < -0.3 is 15.4 Å². The van der Waals surface area contributed by atoms with E-state index in [0.717, 1.165) is 17.9 Å². The molecule has 0 unspecified atom stereocenters. The van der Waals surface area contributed by atoms with Gasteiger partial charge >= 0.3 is 6.03 Å². The lowest BCUT2D eigenvalue weighted by Gasteiger charge is -2.38. The zero-order valence-electron chi connectivity index (χ0n) is 26.2. The average molecular weight is 701 g/mol. The molecule has 15 heteroatoms. The first-order valence-electron chi connectivity index (χ1n) is 14.8. The Labute approximate surface area is 283 Å². The largest absolute Gasteiger partial charge is 0.439 e. The first-order chi connectivity index (χ1) is 22.5. The number of piperidine rings is 1. The van der Waals surface area contributed by atoms with Crippen molar-refractivity contribution < 1.29 is 31.5 Å². The Hall–Kier alpha value is -4.79. The number of aromatic nitrogens is 1. The number of nitrogens with one attached hydrogen (secondary N) is 3. The molecular formula is C33H35ClF2N6O5S. The Bertz CT molecular complexity index is 1840. The summed E-state index contributed by atoms with van der Waals surface area (Å²) in [7, 11) is -1.99. The normalized spacial score (nSPS) is 13.6. The number of hydrogen-bond donors (Lipinski definition) is 3. The molecule has 11 nitrogen and oxygen atoms in total. The summed E-state index contributed by atoms with van der Waals surface area (Å²) < 4.78 is 59.4. The number of pyridine rings is 1. The van der Waals surface area contributed by atoms with Crippen molar-refractivity contribution in [3.05, 3.63) is 108 Å². The van der Waals surface area contributed by atoms with E-state index in [4.69, 9.17) is 4.74 Å². The highest BCUT2D eigenvalue weighted by Gasteiger charge is 2.30. The van der Waals surface area contributed by atoms with E-state index in [-0.39, 0.29) is 29.7 Å². The maximum atomic E-state index is 14.2. The van der Waals surface area contributed by atoms with Crippen LogP contribution in [-0.4, -0.2) is 62.7 Å². The van der Waals surface area contributed by atoms with Crippen molar-refractivity contribution in [1.82, 2.24) is 15.2 Å². The molecule has 0 spiro atoms. The molecule has 2 heterocycles. The van der Waals surface area contributed by atoms with Crippen molar-refractivity contribution in [1.29, 1.82) is 0 Å².